The van der Waals surface area contributed by atoms with Gasteiger partial charge in [0.25, 0.3) is 0 Å². The maximum Gasteiger partial charge on any atom is 0.410 e. The molecule has 1 atom stereocenters. The first kappa shape index (κ1) is 13.7. The van der Waals surface area contributed by atoms with Gasteiger partial charge in [-0.3, -0.25) is 0 Å². The van der Waals surface area contributed by atoms with E-state index in [-0.39, 0.29) is 17.7 Å². The minimum atomic E-state index is -0.420. The maximum atomic E-state index is 12.3. The molecule has 18 heavy (non-hydrogen) atoms. The second-order valence-corrected chi connectivity index (χ2v) is 6.82. The summed E-state index contributed by atoms with van der Waals surface area (Å²) in [6.07, 6.45) is 6.24. The van der Waals surface area contributed by atoms with Gasteiger partial charge in [0.2, 0.25) is 0 Å². The van der Waals surface area contributed by atoms with Gasteiger partial charge in [-0.2, -0.15) is 0 Å². The maximum absolute atomic E-state index is 12.3. The minimum Gasteiger partial charge on any atom is -0.444 e. The predicted octanol–water partition coefficient (Wildman–Crippen LogP) is 2.66. The summed E-state index contributed by atoms with van der Waals surface area (Å²) in [5.74, 6) is 0. The van der Waals surface area contributed by atoms with E-state index >= 15 is 0 Å². The first-order chi connectivity index (χ1) is 8.32. The number of nitrogens with two attached hydrogens (primary N) is 1. The molecule has 1 heterocycles. The molecule has 2 aliphatic rings. The van der Waals surface area contributed by atoms with Crippen LogP contribution in [0.4, 0.5) is 4.79 Å². The minimum absolute atomic E-state index is 0.0139. The van der Waals surface area contributed by atoms with Crippen molar-refractivity contribution in [2.24, 2.45) is 5.73 Å². The van der Waals surface area contributed by atoms with Crippen molar-refractivity contribution in [2.75, 3.05) is 6.54 Å². The zero-order valence-electron chi connectivity index (χ0n) is 11.9. The van der Waals surface area contributed by atoms with Crippen molar-refractivity contribution in [3.63, 3.8) is 0 Å². The van der Waals surface area contributed by atoms with Crippen molar-refractivity contribution in [2.45, 2.75) is 76.5 Å². The number of rotatable bonds is 0. The Morgan fingerprint density at radius 2 is 1.94 bits per heavy atom. The van der Waals surface area contributed by atoms with E-state index in [1.54, 1.807) is 0 Å². The largest absolute Gasteiger partial charge is 0.444 e. The van der Waals surface area contributed by atoms with Crippen molar-refractivity contribution in [3.05, 3.63) is 0 Å². The Hall–Kier alpha value is -0.770. The van der Waals surface area contributed by atoms with Crippen molar-refractivity contribution in [1.29, 1.82) is 0 Å². The standard InChI is InChI=1S/C14H26N2O2/c1-13(2,3)18-12(17)16-9-6-11(15)10-14(16)7-4-5-8-14/h11H,4-10,15H2,1-3H3. The summed E-state index contributed by atoms with van der Waals surface area (Å²) in [6, 6.07) is 0.238. The highest BCUT2D eigenvalue weighted by Crippen LogP contribution is 2.42. The fourth-order valence-electron chi connectivity index (χ4n) is 3.34. The third kappa shape index (κ3) is 2.79. The van der Waals surface area contributed by atoms with Crippen LogP contribution in [0.15, 0.2) is 0 Å². The first-order valence-electron chi connectivity index (χ1n) is 7.09. The molecule has 1 unspecified atom stereocenters. The Kier molecular flexibility index (Phi) is 3.58. The lowest BCUT2D eigenvalue weighted by Crippen LogP contribution is -2.58. The summed E-state index contributed by atoms with van der Waals surface area (Å²) < 4.78 is 5.55. The number of piperidine rings is 1. The number of ether oxygens (including phenoxy) is 1. The van der Waals surface area contributed by atoms with Crippen LogP contribution in [0.3, 0.4) is 0 Å². The van der Waals surface area contributed by atoms with Crippen LogP contribution in [-0.4, -0.2) is 34.7 Å². The number of likely N-dealkylation sites (tertiary alicyclic amines) is 1. The Labute approximate surface area is 110 Å². The van der Waals surface area contributed by atoms with Gasteiger partial charge in [-0.15, -0.1) is 0 Å². The molecule has 104 valence electrons. The molecule has 4 heteroatoms. The smallest absolute Gasteiger partial charge is 0.410 e. The van der Waals surface area contributed by atoms with E-state index in [0.717, 1.165) is 32.2 Å². The van der Waals surface area contributed by atoms with Crippen LogP contribution >= 0.6 is 0 Å². The van der Waals surface area contributed by atoms with Crippen LogP contribution in [-0.2, 0) is 4.74 Å². The van der Waals surface area contributed by atoms with Gasteiger partial charge in [0.1, 0.15) is 5.60 Å². The van der Waals surface area contributed by atoms with Crippen molar-refractivity contribution in [3.8, 4) is 0 Å². The molecule has 1 aliphatic heterocycles. The highest BCUT2D eigenvalue weighted by molar-refractivity contribution is 5.69. The molecule has 0 aromatic carbocycles. The Morgan fingerprint density at radius 3 is 2.50 bits per heavy atom. The summed E-state index contributed by atoms with van der Waals surface area (Å²) in [4.78, 5) is 14.3. The van der Waals surface area contributed by atoms with Gasteiger partial charge in [0.05, 0.1) is 0 Å². The third-order valence-corrected chi connectivity index (χ3v) is 4.09. The molecule has 0 radical (unpaired) electrons. The average molecular weight is 254 g/mol. The summed E-state index contributed by atoms with van der Waals surface area (Å²) in [5, 5.41) is 0. The third-order valence-electron chi connectivity index (χ3n) is 4.09. The number of carbonyl (C=O) groups excluding carboxylic acids is 1. The van der Waals surface area contributed by atoms with Gasteiger partial charge in [0.15, 0.2) is 0 Å². The molecule has 0 aromatic rings. The molecule has 1 amide bonds. The monoisotopic (exact) mass is 254 g/mol. The summed E-state index contributed by atoms with van der Waals surface area (Å²) in [5.41, 5.74) is 5.67. The van der Waals surface area contributed by atoms with Gasteiger partial charge in [-0.1, -0.05) is 12.8 Å². The summed E-state index contributed by atoms with van der Waals surface area (Å²) >= 11 is 0. The number of amides is 1. The van der Waals surface area contributed by atoms with Crippen LogP contribution in [0.5, 0.6) is 0 Å². The predicted molar refractivity (Wildman–Crippen MR) is 71.3 cm³/mol. The topological polar surface area (TPSA) is 55.6 Å². The second kappa shape index (κ2) is 4.72. The molecule has 1 spiro atoms. The number of hydrogen-bond donors (Lipinski definition) is 1. The summed E-state index contributed by atoms with van der Waals surface area (Å²) in [6.45, 7) is 6.50. The van der Waals surface area contributed by atoms with E-state index in [4.69, 9.17) is 10.5 Å². The van der Waals surface area contributed by atoms with Crippen LogP contribution in [0, 0.1) is 0 Å². The molecule has 4 nitrogen and oxygen atoms in total. The molecule has 1 saturated heterocycles. The van der Waals surface area contributed by atoms with Gasteiger partial charge in [0, 0.05) is 18.1 Å². The van der Waals surface area contributed by atoms with E-state index in [1.807, 2.05) is 25.7 Å². The SMILES string of the molecule is CC(C)(C)OC(=O)N1CCC(N)CC12CCCC2. The molecule has 0 aromatic heterocycles. The quantitative estimate of drug-likeness (QED) is 0.723. The molecule has 1 aliphatic carbocycles. The fourth-order valence-corrected chi connectivity index (χ4v) is 3.34. The fraction of sp³-hybridized carbons (Fsp3) is 0.929. The number of carbonyl (C=O) groups is 1. The molecular formula is C14H26N2O2. The Morgan fingerprint density at radius 1 is 1.33 bits per heavy atom. The van der Waals surface area contributed by atoms with Gasteiger partial charge in [-0.05, 0) is 46.5 Å². The van der Waals surface area contributed by atoms with E-state index in [1.165, 1.54) is 12.8 Å². The van der Waals surface area contributed by atoms with Crippen LogP contribution in [0.2, 0.25) is 0 Å². The van der Waals surface area contributed by atoms with Crippen molar-refractivity contribution < 1.29 is 9.53 Å². The molecular weight excluding hydrogens is 228 g/mol. The van der Waals surface area contributed by atoms with Gasteiger partial charge >= 0.3 is 6.09 Å². The van der Waals surface area contributed by atoms with Crippen LogP contribution in [0.25, 0.3) is 0 Å². The summed E-state index contributed by atoms with van der Waals surface area (Å²) in [7, 11) is 0. The van der Waals surface area contributed by atoms with E-state index < -0.39 is 5.60 Å². The van der Waals surface area contributed by atoms with E-state index in [9.17, 15) is 4.79 Å². The average Bonchev–Trinajstić information content (AvgIpc) is 2.63. The highest BCUT2D eigenvalue weighted by Gasteiger charge is 2.46. The van der Waals surface area contributed by atoms with E-state index in [0.29, 0.717) is 0 Å². The molecule has 2 N–H and O–H groups in total. The number of hydrogen-bond acceptors (Lipinski definition) is 3. The first-order valence-corrected chi connectivity index (χ1v) is 7.09. The van der Waals surface area contributed by atoms with Crippen molar-refractivity contribution in [1.82, 2.24) is 4.90 Å². The molecule has 2 fully saturated rings. The van der Waals surface area contributed by atoms with Crippen LogP contribution in [0.1, 0.15) is 59.3 Å². The Balaban J connectivity index is 2.12. The zero-order valence-corrected chi connectivity index (χ0v) is 11.9. The highest BCUT2D eigenvalue weighted by atomic mass is 16.6. The molecule has 2 rings (SSSR count). The van der Waals surface area contributed by atoms with Gasteiger partial charge < -0.3 is 15.4 Å². The lowest BCUT2D eigenvalue weighted by atomic mass is 9.83. The Bertz CT molecular complexity index is 316. The molecule has 0 bridgehead atoms. The second-order valence-electron chi connectivity index (χ2n) is 6.82. The lowest BCUT2D eigenvalue weighted by Gasteiger charge is -2.47. The normalized spacial score (nSPS) is 27.6. The van der Waals surface area contributed by atoms with E-state index in [2.05, 4.69) is 0 Å². The van der Waals surface area contributed by atoms with Crippen LogP contribution < -0.4 is 5.73 Å². The zero-order chi connectivity index (χ0) is 13.4. The lowest BCUT2D eigenvalue weighted by molar-refractivity contribution is -0.0170. The van der Waals surface area contributed by atoms with Gasteiger partial charge in [-0.25, -0.2) is 4.79 Å². The number of nitrogens with zero attached hydrogens (tertiary/aromatic N) is 1. The molecule has 1 saturated carbocycles. The van der Waals surface area contributed by atoms with Crippen molar-refractivity contribution >= 4 is 6.09 Å².